The van der Waals surface area contributed by atoms with Crippen LogP contribution < -0.4 is 0 Å². The number of nitrogens with one attached hydrogen (secondary N) is 1. The van der Waals surface area contributed by atoms with Gasteiger partial charge in [0.15, 0.2) is 0 Å². The van der Waals surface area contributed by atoms with E-state index in [-0.39, 0.29) is 5.97 Å². The number of aromatic nitrogens is 3. The molecule has 1 N–H and O–H groups in total. The molecule has 0 bridgehead atoms. The van der Waals surface area contributed by atoms with Crippen LogP contribution in [0.25, 0.3) is 28.4 Å². The molecule has 0 amide bonds. The highest BCUT2D eigenvalue weighted by Gasteiger charge is 2.14. The molecule has 2 heterocycles. The minimum atomic E-state index is -0.379. The molecule has 6 heteroatoms. The number of benzene rings is 2. The number of aromatic amines is 1. The molecule has 0 aliphatic carbocycles. The van der Waals surface area contributed by atoms with E-state index < -0.39 is 0 Å². The maximum Gasteiger partial charge on any atom is 0.337 e. The summed E-state index contributed by atoms with van der Waals surface area (Å²) in [6, 6.07) is 19.2. The Morgan fingerprint density at radius 2 is 1.97 bits per heavy atom. The van der Waals surface area contributed by atoms with Crippen LogP contribution in [0, 0.1) is 25.2 Å². The zero-order valence-corrected chi connectivity index (χ0v) is 16.9. The van der Waals surface area contributed by atoms with Gasteiger partial charge < -0.3 is 14.3 Å². The number of H-pyrrole nitrogens is 1. The summed E-state index contributed by atoms with van der Waals surface area (Å²) >= 11 is 0. The Labute approximate surface area is 174 Å². The van der Waals surface area contributed by atoms with Crippen molar-refractivity contribution in [1.29, 1.82) is 5.26 Å². The van der Waals surface area contributed by atoms with Crippen molar-refractivity contribution in [3.05, 3.63) is 82.9 Å². The fourth-order valence-electron chi connectivity index (χ4n) is 3.61. The molecule has 0 spiro atoms. The predicted octanol–water partition coefficient (Wildman–Crippen LogP) is 4.82. The summed E-state index contributed by atoms with van der Waals surface area (Å²) in [5, 5.41) is 9.74. The highest BCUT2D eigenvalue weighted by molar-refractivity contribution is 5.91. The first-order valence-corrected chi connectivity index (χ1v) is 9.46. The van der Waals surface area contributed by atoms with E-state index in [1.165, 1.54) is 7.11 Å². The van der Waals surface area contributed by atoms with Crippen LogP contribution in [0.5, 0.6) is 0 Å². The Hall–Kier alpha value is -4.11. The van der Waals surface area contributed by atoms with Gasteiger partial charge in [-0.25, -0.2) is 9.78 Å². The molecule has 2 aromatic carbocycles. The lowest BCUT2D eigenvalue weighted by molar-refractivity contribution is 0.0600. The number of allylic oxidation sites excluding steroid dienone is 1. The second-order valence-electron chi connectivity index (χ2n) is 6.98. The highest BCUT2D eigenvalue weighted by atomic mass is 16.5. The van der Waals surface area contributed by atoms with Crippen molar-refractivity contribution in [2.75, 3.05) is 7.11 Å². The second kappa shape index (κ2) is 7.72. The molecule has 0 atom stereocenters. The molecule has 0 aliphatic heterocycles. The number of nitriles is 1. The highest BCUT2D eigenvalue weighted by Crippen LogP contribution is 2.26. The van der Waals surface area contributed by atoms with Crippen LogP contribution in [0.2, 0.25) is 0 Å². The van der Waals surface area contributed by atoms with Gasteiger partial charge >= 0.3 is 5.97 Å². The number of fused-ring (bicyclic) bond motifs is 1. The van der Waals surface area contributed by atoms with Gasteiger partial charge in [0, 0.05) is 17.1 Å². The normalized spacial score (nSPS) is 11.5. The minimum absolute atomic E-state index is 0.379. The van der Waals surface area contributed by atoms with Gasteiger partial charge in [-0.1, -0.05) is 18.2 Å². The van der Waals surface area contributed by atoms with Crippen molar-refractivity contribution in [1.82, 2.24) is 14.5 Å². The first kappa shape index (κ1) is 19.2. The fraction of sp³-hybridized carbons (Fsp3) is 0.125. The van der Waals surface area contributed by atoms with Gasteiger partial charge in [-0.05, 0) is 61.9 Å². The zero-order chi connectivity index (χ0) is 21.3. The molecule has 30 heavy (non-hydrogen) atoms. The van der Waals surface area contributed by atoms with Gasteiger partial charge in [0.05, 0.1) is 29.3 Å². The Morgan fingerprint density at radius 3 is 2.70 bits per heavy atom. The van der Waals surface area contributed by atoms with Gasteiger partial charge in [-0.2, -0.15) is 5.26 Å². The molecule has 4 rings (SSSR count). The first-order valence-electron chi connectivity index (χ1n) is 9.46. The topological polar surface area (TPSA) is 83.7 Å². The molecule has 0 radical (unpaired) electrons. The number of para-hydroxylation sites is 2. The smallest absolute Gasteiger partial charge is 0.337 e. The molecule has 0 fully saturated rings. The summed E-state index contributed by atoms with van der Waals surface area (Å²) in [5.74, 6) is 0.160. The van der Waals surface area contributed by atoms with Crippen molar-refractivity contribution >= 4 is 28.7 Å². The van der Waals surface area contributed by atoms with Gasteiger partial charge in [-0.3, -0.25) is 0 Å². The van der Waals surface area contributed by atoms with E-state index in [2.05, 4.69) is 16.0 Å². The number of rotatable bonds is 4. The Morgan fingerprint density at radius 1 is 1.17 bits per heavy atom. The van der Waals surface area contributed by atoms with Crippen LogP contribution >= 0.6 is 0 Å². The van der Waals surface area contributed by atoms with Crippen LogP contribution in [0.1, 0.15) is 33.1 Å². The molecule has 2 aromatic heterocycles. The number of hydrogen-bond donors (Lipinski definition) is 1. The average molecular weight is 396 g/mol. The summed E-state index contributed by atoms with van der Waals surface area (Å²) in [4.78, 5) is 19.6. The molecular weight excluding hydrogens is 376 g/mol. The number of esters is 1. The van der Waals surface area contributed by atoms with Crippen molar-refractivity contribution < 1.29 is 9.53 Å². The summed E-state index contributed by atoms with van der Waals surface area (Å²) in [6.07, 6.45) is 1.83. The van der Waals surface area contributed by atoms with E-state index in [4.69, 9.17) is 4.74 Å². The third kappa shape index (κ3) is 3.38. The molecule has 148 valence electrons. The minimum Gasteiger partial charge on any atom is -0.465 e. The lowest BCUT2D eigenvalue weighted by atomic mass is 10.1. The van der Waals surface area contributed by atoms with Crippen molar-refractivity contribution in [3.63, 3.8) is 0 Å². The molecule has 0 aliphatic rings. The number of hydrogen-bond acceptors (Lipinski definition) is 4. The van der Waals surface area contributed by atoms with Gasteiger partial charge in [-0.15, -0.1) is 0 Å². The average Bonchev–Trinajstić information content (AvgIpc) is 3.31. The third-order valence-corrected chi connectivity index (χ3v) is 5.06. The van der Waals surface area contributed by atoms with E-state index in [1.54, 1.807) is 12.1 Å². The Kier molecular flexibility index (Phi) is 4.95. The zero-order valence-electron chi connectivity index (χ0n) is 16.9. The van der Waals surface area contributed by atoms with Crippen molar-refractivity contribution in [2.24, 2.45) is 0 Å². The van der Waals surface area contributed by atoms with Gasteiger partial charge in [0.2, 0.25) is 0 Å². The van der Waals surface area contributed by atoms with E-state index in [0.717, 1.165) is 33.7 Å². The number of carbonyl (C=O) groups excluding carboxylic acids is 1. The first-order chi connectivity index (χ1) is 14.5. The van der Waals surface area contributed by atoms with E-state index in [1.807, 2.05) is 67.0 Å². The molecule has 0 saturated heterocycles. The lowest BCUT2D eigenvalue weighted by Crippen LogP contribution is -2.04. The quantitative estimate of drug-likeness (QED) is 0.396. The Balaban J connectivity index is 1.78. The number of aryl methyl sites for hydroxylation is 1. The molecule has 0 saturated carbocycles. The lowest BCUT2D eigenvalue weighted by Gasteiger charge is -2.11. The summed E-state index contributed by atoms with van der Waals surface area (Å²) < 4.78 is 6.88. The third-order valence-electron chi connectivity index (χ3n) is 5.06. The largest absolute Gasteiger partial charge is 0.465 e. The fourth-order valence-corrected chi connectivity index (χ4v) is 3.61. The molecule has 6 nitrogen and oxygen atoms in total. The number of carbonyl (C=O) groups is 1. The summed E-state index contributed by atoms with van der Waals surface area (Å²) in [6.45, 7) is 3.97. The van der Waals surface area contributed by atoms with E-state index in [0.29, 0.717) is 17.0 Å². The number of methoxy groups -OCH3 is 1. The second-order valence-corrected chi connectivity index (χ2v) is 6.98. The van der Waals surface area contributed by atoms with E-state index >= 15 is 0 Å². The van der Waals surface area contributed by atoms with Crippen LogP contribution in [-0.4, -0.2) is 27.6 Å². The van der Waals surface area contributed by atoms with E-state index in [9.17, 15) is 10.1 Å². The van der Waals surface area contributed by atoms with Crippen LogP contribution in [0.4, 0.5) is 0 Å². The van der Waals surface area contributed by atoms with Crippen LogP contribution in [0.3, 0.4) is 0 Å². The van der Waals surface area contributed by atoms with Crippen molar-refractivity contribution in [2.45, 2.75) is 13.8 Å². The standard InChI is InChI=1S/C24H20N4O2/c1-15-11-18(12-19(14-25)23-26-21-9-4-5-10-22(21)27-23)16(2)28(15)20-8-6-7-17(13-20)24(29)30-3/h4-13H,1-3H3,(H,26,27)/b19-12-. The maximum absolute atomic E-state index is 11.9. The summed E-state index contributed by atoms with van der Waals surface area (Å²) in [5.41, 5.74) is 6.36. The predicted molar refractivity (Wildman–Crippen MR) is 116 cm³/mol. The van der Waals surface area contributed by atoms with Crippen molar-refractivity contribution in [3.8, 4) is 11.8 Å². The SMILES string of the molecule is COC(=O)c1cccc(-n2c(C)cc(/C=C(/C#N)c3nc4ccccc4[nH]3)c2C)c1. The molecule has 0 unspecified atom stereocenters. The molecule has 4 aromatic rings. The van der Waals surface area contributed by atoms with Gasteiger partial charge in [0.25, 0.3) is 0 Å². The maximum atomic E-state index is 11.9. The number of ether oxygens (including phenoxy) is 1. The van der Waals surface area contributed by atoms with Crippen LogP contribution in [0.15, 0.2) is 54.6 Å². The molecular formula is C24H20N4O2. The number of nitrogens with zero attached hydrogens (tertiary/aromatic N) is 3. The van der Waals surface area contributed by atoms with Gasteiger partial charge in [0.1, 0.15) is 11.9 Å². The monoisotopic (exact) mass is 396 g/mol. The Bertz CT molecular complexity index is 1300. The summed E-state index contributed by atoms with van der Waals surface area (Å²) in [7, 11) is 1.37. The number of imidazole rings is 1. The van der Waals surface area contributed by atoms with Crippen LogP contribution in [-0.2, 0) is 4.74 Å².